The first-order chi connectivity index (χ1) is 13.1. The lowest BCUT2D eigenvalue weighted by Gasteiger charge is -2.07. The van der Waals surface area contributed by atoms with Crippen LogP contribution in [0, 0.1) is 6.92 Å². The van der Waals surface area contributed by atoms with E-state index in [4.69, 9.17) is 11.6 Å². The van der Waals surface area contributed by atoms with E-state index in [1.165, 1.54) is 18.0 Å². The molecule has 0 radical (unpaired) electrons. The second-order valence-electron chi connectivity index (χ2n) is 6.27. The maximum atomic E-state index is 12.2. The van der Waals surface area contributed by atoms with Gasteiger partial charge in [0.1, 0.15) is 0 Å². The summed E-state index contributed by atoms with van der Waals surface area (Å²) in [5.74, 6) is 0.299. The highest BCUT2D eigenvalue weighted by atomic mass is 35.5. The van der Waals surface area contributed by atoms with Gasteiger partial charge in [0, 0.05) is 30.5 Å². The molecule has 3 aromatic rings. The molecule has 1 heterocycles. The topological polar surface area (TPSA) is 66.9 Å². The van der Waals surface area contributed by atoms with Crippen molar-refractivity contribution in [1.29, 1.82) is 0 Å². The number of nitrogens with zero attached hydrogens (tertiary/aromatic N) is 2. The molecule has 2 aromatic carbocycles. The zero-order valence-corrected chi connectivity index (χ0v) is 15.8. The second kappa shape index (κ2) is 9.14. The van der Waals surface area contributed by atoms with Crippen LogP contribution in [0.4, 0.5) is 5.95 Å². The van der Waals surface area contributed by atoms with Gasteiger partial charge in [-0.15, -0.1) is 0 Å². The van der Waals surface area contributed by atoms with Gasteiger partial charge in [0.15, 0.2) is 0 Å². The number of benzene rings is 2. The molecular weight excluding hydrogens is 360 g/mol. The molecule has 138 valence electrons. The van der Waals surface area contributed by atoms with Crippen LogP contribution in [0.15, 0.2) is 60.9 Å². The molecule has 6 heteroatoms. The van der Waals surface area contributed by atoms with Gasteiger partial charge in [-0.2, -0.15) is 0 Å². The van der Waals surface area contributed by atoms with Crippen molar-refractivity contribution in [2.24, 2.45) is 0 Å². The number of carbonyl (C=O) groups is 1. The SMILES string of the molecule is Cc1ccc(CNC(=O)c2cnc(NCCc3cccc(Cl)c3)nc2)cc1. The minimum absolute atomic E-state index is 0.193. The molecule has 0 saturated heterocycles. The minimum Gasteiger partial charge on any atom is -0.354 e. The third kappa shape index (κ3) is 5.79. The molecular formula is C21H21ClN4O. The summed E-state index contributed by atoms with van der Waals surface area (Å²) in [5, 5.41) is 6.74. The Hall–Kier alpha value is -2.92. The zero-order chi connectivity index (χ0) is 19.1. The Morgan fingerprint density at radius 2 is 1.78 bits per heavy atom. The van der Waals surface area contributed by atoms with Crippen LogP contribution in [0.3, 0.4) is 0 Å². The van der Waals surface area contributed by atoms with Crippen LogP contribution in [0.25, 0.3) is 0 Å². The molecule has 0 aliphatic rings. The number of rotatable bonds is 7. The predicted octanol–water partition coefficient (Wildman–Crippen LogP) is 4.02. The largest absolute Gasteiger partial charge is 0.354 e. The summed E-state index contributed by atoms with van der Waals surface area (Å²) in [6, 6.07) is 15.8. The Labute approximate surface area is 163 Å². The van der Waals surface area contributed by atoms with Crippen molar-refractivity contribution in [2.45, 2.75) is 19.9 Å². The van der Waals surface area contributed by atoms with Gasteiger partial charge in [-0.3, -0.25) is 4.79 Å². The van der Waals surface area contributed by atoms with Crippen LogP contribution in [-0.4, -0.2) is 22.4 Å². The number of amides is 1. The third-order valence-electron chi connectivity index (χ3n) is 4.07. The van der Waals surface area contributed by atoms with Gasteiger partial charge in [0.25, 0.3) is 5.91 Å². The van der Waals surface area contributed by atoms with Crippen molar-refractivity contribution in [3.8, 4) is 0 Å². The molecule has 1 aromatic heterocycles. The van der Waals surface area contributed by atoms with Gasteiger partial charge in [-0.05, 0) is 36.6 Å². The van der Waals surface area contributed by atoms with Gasteiger partial charge < -0.3 is 10.6 Å². The molecule has 3 rings (SSSR count). The molecule has 1 amide bonds. The Balaban J connectivity index is 1.47. The normalized spacial score (nSPS) is 10.4. The van der Waals surface area contributed by atoms with Gasteiger partial charge in [-0.1, -0.05) is 53.6 Å². The fourth-order valence-corrected chi connectivity index (χ4v) is 2.75. The number of aryl methyl sites for hydroxylation is 1. The van der Waals surface area contributed by atoms with Gasteiger partial charge in [0.05, 0.1) is 5.56 Å². The minimum atomic E-state index is -0.193. The van der Waals surface area contributed by atoms with Crippen LogP contribution in [0.1, 0.15) is 27.0 Å². The van der Waals surface area contributed by atoms with Gasteiger partial charge >= 0.3 is 0 Å². The van der Waals surface area contributed by atoms with Crippen LogP contribution >= 0.6 is 11.6 Å². The first kappa shape index (κ1) is 18.9. The lowest BCUT2D eigenvalue weighted by atomic mass is 10.1. The van der Waals surface area contributed by atoms with Crippen LogP contribution in [0.2, 0.25) is 5.02 Å². The third-order valence-corrected chi connectivity index (χ3v) is 4.31. The summed E-state index contributed by atoms with van der Waals surface area (Å²) in [5.41, 5.74) is 3.82. The van der Waals surface area contributed by atoms with Crippen LogP contribution in [-0.2, 0) is 13.0 Å². The van der Waals surface area contributed by atoms with E-state index >= 15 is 0 Å². The maximum absolute atomic E-state index is 12.2. The summed E-state index contributed by atoms with van der Waals surface area (Å²) in [6.07, 6.45) is 3.86. The van der Waals surface area contributed by atoms with E-state index < -0.39 is 0 Å². The van der Waals surface area contributed by atoms with Crippen LogP contribution < -0.4 is 10.6 Å². The number of nitrogens with one attached hydrogen (secondary N) is 2. The fraction of sp³-hybridized carbons (Fsp3) is 0.190. The van der Waals surface area contributed by atoms with E-state index in [9.17, 15) is 4.79 Å². The van der Waals surface area contributed by atoms with E-state index in [1.54, 1.807) is 0 Å². The molecule has 0 aliphatic heterocycles. The van der Waals surface area contributed by atoms with Crippen molar-refractivity contribution >= 4 is 23.5 Å². The molecule has 0 spiro atoms. The van der Waals surface area contributed by atoms with E-state index in [0.717, 1.165) is 22.6 Å². The summed E-state index contributed by atoms with van der Waals surface area (Å²) in [7, 11) is 0. The van der Waals surface area contributed by atoms with Crippen molar-refractivity contribution < 1.29 is 4.79 Å². The van der Waals surface area contributed by atoms with E-state index in [2.05, 4.69) is 20.6 Å². The predicted molar refractivity (Wildman–Crippen MR) is 108 cm³/mol. The van der Waals surface area contributed by atoms with Crippen molar-refractivity contribution in [3.05, 3.63) is 88.2 Å². The average Bonchev–Trinajstić information content (AvgIpc) is 2.68. The van der Waals surface area contributed by atoms with Crippen molar-refractivity contribution in [2.75, 3.05) is 11.9 Å². The molecule has 2 N–H and O–H groups in total. The standard InChI is InChI=1S/C21H21ClN4O/c1-15-5-7-17(8-6-15)12-24-20(27)18-13-25-21(26-14-18)23-10-9-16-3-2-4-19(22)11-16/h2-8,11,13-14H,9-10,12H2,1H3,(H,24,27)(H,23,25,26). The highest BCUT2D eigenvalue weighted by molar-refractivity contribution is 6.30. The molecule has 0 atom stereocenters. The quantitative estimate of drug-likeness (QED) is 0.649. The monoisotopic (exact) mass is 380 g/mol. The number of carbonyl (C=O) groups excluding carboxylic acids is 1. The second-order valence-corrected chi connectivity index (χ2v) is 6.71. The number of anilines is 1. The maximum Gasteiger partial charge on any atom is 0.254 e. The lowest BCUT2D eigenvalue weighted by Crippen LogP contribution is -2.23. The van der Waals surface area contributed by atoms with Gasteiger partial charge in [0.2, 0.25) is 5.95 Å². The number of halogens is 1. The number of hydrogen-bond donors (Lipinski definition) is 2. The molecule has 0 aliphatic carbocycles. The Bertz CT molecular complexity index is 895. The Morgan fingerprint density at radius 1 is 1.04 bits per heavy atom. The Kier molecular flexibility index (Phi) is 6.39. The summed E-state index contributed by atoms with van der Waals surface area (Å²) in [4.78, 5) is 20.6. The average molecular weight is 381 g/mol. The highest BCUT2D eigenvalue weighted by Gasteiger charge is 2.07. The van der Waals surface area contributed by atoms with Crippen molar-refractivity contribution in [1.82, 2.24) is 15.3 Å². The highest BCUT2D eigenvalue weighted by Crippen LogP contribution is 2.11. The molecule has 0 saturated carbocycles. The number of hydrogen-bond acceptors (Lipinski definition) is 4. The van der Waals surface area contributed by atoms with Crippen molar-refractivity contribution in [3.63, 3.8) is 0 Å². The Morgan fingerprint density at radius 3 is 2.48 bits per heavy atom. The molecule has 0 fully saturated rings. The first-order valence-corrected chi connectivity index (χ1v) is 9.12. The molecule has 5 nitrogen and oxygen atoms in total. The summed E-state index contributed by atoms with van der Waals surface area (Å²) in [6.45, 7) is 3.18. The zero-order valence-electron chi connectivity index (χ0n) is 15.1. The van der Waals surface area contributed by atoms with Gasteiger partial charge in [-0.25, -0.2) is 9.97 Å². The smallest absolute Gasteiger partial charge is 0.254 e. The summed E-state index contributed by atoms with van der Waals surface area (Å²) >= 11 is 5.98. The molecule has 0 unspecified atom stereocenters. The molecule has 27 heavy (non-hydrogen) atoms. The fourth-order valence-electron chi connectivity index (χ4n) is 2.54. The van der Waals surface area contributed by atoms with E-state index in [-0.39, 0.29) is 5.91 Å². The summed E-state index contributed by atoms with van der Waals surface area (Å²) < 4.78 is 0. The van der Waals surface area contributed by atoms with E-state index in [1.807, 2.05) is 55.5 Å². The molecule has 0 bridgehead atoms. The lowest BCUT2D eigenvalue weighted by molar-refractivity contribution is 0.0950. The first-order valence-electron chi connectivity index (χ1n) is 8.74. The van der Waals surface area contributed by atoms with Crippen LogP contribution in [0.5, 0.6) is 0 Å². The number of aromatic nitrogens is 2. The van der Waals surface area contributed by atoms with E-state index in [0.29, 0.717) is 24.6 Å².